The van der Waals surface area contributed by atoms with Gasteiger partial charge < -0.3 is 14.7 Å². The van der Waals surface area contributed by atoms with Crippen LogP contribution in [0.5, 0.6) is 0 Å². The van der Waals surface area contributed by atoms with Gasteiger partial charge in [0, 0.05) is 63.9 Å². The third kappa shape index (κ3) is 3.79. The molecule has 130 valence electrons. The van der Waals surface area contributed by atoms with E-state index < -0.39 is 0 Å². The van der Waals surface area contributed by atoms with Crippen LogP contribution in [-0.4, -0.2) is 66.9 Å². The number of carbonyl (C=O) groups is 2. The van der Waals surface area contributed by atoms with Crippen LogP contribution in [0.2, 0.25) is 0 Å². The number of hydrogen-bond acceptors (Lipinski definition) is 4. The lowest BCUT2D eigenvalue weighted by Gasteiger charge is -2.35. The number of rotatable bonds is 3. The fraction of sp³-hybridized carbons (Fsp3) is 0.316. The van der Waals surface area contributed by atoms with Crippen LogP contribution in [0.1, 0.15) is 20.7 Å². The molecule has 0 atom stereocenters. The SMILES string of the molecule is CN(C)c1cccc(C(=O)N2CCN(C(=O)c3cccnc3)CC2)c1. The van der Waals surface area contributed by atoms with Gasteiger partial charge in [0.2, 0.25) is 0 Å². The summed E-state index contributed by atoms with van der Waals surface area (Å²) < 4.78 is 0. The first-order valence-electron chi connectivity index (χ1n) is 8.32. The Morgan fingerprint density at radius 2 is 1.52 bits per heavy atom. The quantitative estimate of drug-likeness (QED) is 0.855. The molecule has 1 fully saturated rings. The van der Waals surface area contributed by atoms with Gasteiger partial charge >= 0.3 is 0 Å². The van der Waals surface area contributed by atoms with Crippen LogP contribution in [0.4, 0.5) is 5.69 Å². The Bertz CT molecular complexity index is 753. The number of nitrogens with zero attached hydrogens (tertiary/aromatic N) is 4. The van der Waals surface area contributed by atoms with Crippen LogP contribution >= 0.6 is 0 Å². The standard InChI is InChI=1S/C19H22N4O2/c1-21(2)17-7-3-5-15(13-17)18(24)22-9-11-23(12-10-22)19(25)16-6-4-8-20-14-16/h3-8,13-14H,9-12H2,1-2H3. The van der Waals surface area contributed by atoms with E-state index in [0.717, 1.165) is 5.69 Å². The molecule has 1 aliphatic rings. The van der Waals surface area contributed by atoms with Crippen LogP contribution in [0.25, 0.3) is 0 Å². The van der Waals surface area contributed by atoms with E-state index in [1.165, 1.54) is 0 Å². The largest absolute Gasteiger partial charge is 0.378 e. The van der Waals surface area contributed by atoms with Crippen molar-refractivity contribution in [2.24, 2.45) is 0 Å². The van der Waals surface area contributed by atoms with Crippen molar-refractivity contribution >= 4 is 17.5 Å². The summed E-state index contributed by atoms with van der Waals surface area (Å²) in [5.74, 6) is -0.0213. The van der Waals surface area contributed by atoms with Gasteiger partial charge in [-0.15, -0.1) is 0 Å². The van der Waals surface area contributed by atoms with Crippen molar-refractivity contribution in [3.63, 3.8) is 0 Å². The van der Waals surface area contributed by atoms with Gasteiger partial charge in [0.15, 0.2) is 0 Å². The highest BCUT2D eigenvalue weighted by Crippen LogP contribution is 2.16. The number of aromatic nitrogens is 1. The van der Waals surface area contributed by atoms with Crippen molar-refractivity contribution in [3.8, 4) is 0 Å². The molecule has 1 aromatic heterocycles. The van der Waals surface area contributed by atoms with Gasteiger partial charge in [0.05, 0.1) is 5.56 Å². The first kappa shape index (κ1) is 17.0. The molecule has 0 unspecified atom stereocenters. The van der Waals surface area contributed by atoms with Crippen LogP contribution in [-0.2, 0) is 0 Å². The molecule has 3 rings (SSSR count). The van der Waals surface area contributed by atoms with Crippen LogP contribution in [0.15, 0.2) is 48.8 Å². The number of hydrogen-bond donors (Lipinski definition) is 0. The summed E-state index contributed by atoms with van der Waals surface area (Å²) in [6.07, 6.45) is 3.22. The minimum atomic E-state index is -0.0326. The summed E-state index contributed by atoms with van der Waals surface area (Å²) in [4.78, 5) is 34.7. The first-order chi connectivity index (χ1) is 12.1. The summed E-state index contributed by atoms with van der Waals surface area (Å²) >= 11 is 0. The molecular weight excluding hydrogens is 316 g/mol. The fourth-order valence-corrected chi connectivity index (χ4v) is 2.88. The highest BCUT2D eigenvalue weighted by molar-refractivity contribution is 5.96. The number of anilines is 1. The van der Waals surface area contributed by atoms with Crippen molar-refractivity contribution in [1.29, 1.82) is 0 Å². The molecule has 2 aromatic rings. The van der Waals surface area contributed by atoms with Crippen molar-refractivity contribution in [1.82, 2.24) is 14.8 Å². The van der Waals surface area contributed by atoms with Gasteiger partial charge in [-0.05, 0) is 30.3 Å². The summed E-state index contributed by atoms with van der Waals surface area (Å²) in [5.41, 5.74) is 2.26. The molecule has 1 aromatic carbocycles. The molecule has 0 radical (unpaired) electrons. The number of amides is 2. The number of pyridine rings is 1. The normalized spacial score (nSPS) is 14.3. The van der Waals surface area contributed by atoms with Gasteiger partial charge in [-0.1, -0.05) is 6.07 Å². The number of piperazine rings is 1. The zero-order chi connectivity index (χ0) is 17.8. The molecule has 0 spiro atoms. The van der Waals surface area contributed by atoms with E-state index in [1.807, 2.05) is 48.2 Å². The number of carbonyl (C=O) groups excluding carboxylic acids is 2. The molecule has 6 nitrogen and oxygen atoms in total. The highest BCUT2D eigenvalue weighted by atomic mass is 16.2. The molecular formula is C19H22N4O2. The first-order valence-corrected chi connectivity index (χ1v) is 8.32. The molecule has 1 aliphatic heterocycles. The molecule has 1 saturated heterocycles. The van der Waals surface area contributed by atoms with E-state index in [-0.39, 0.29) is 11.8 Å². The van der Waals surface area contributed by atoms with Gasteiger partial charge in [-0.3, -0.25) is 14.6 Å². The average molecular weight is 338 g/mol. The summed E-state index contributed by atoms with van der Waals surface area (Å²) in [7, 11) is 3.90. The minimum absolute atomic E-state index is 0.0113. The lowest BCUT2D eigenvalue weighted by atomic mass is 10.1. The Hall–Kier alpha value is -2.89. The van der Waals surface area contributed by atoms with Crippen molar-refractivity contribution in [3.05, 3.63) is 59.9 Å². The lowest BCUT2D eigenvalue weighted by molar-refractivity contribution is 0.0535. The van der Waals surface area contributed by atoms with E-state index in [0.29, 0.717) is 37.3 Å². The Labute approximate surface area is 147 Å². The lowest BCUT2D eigenvalue weighted by Crippen LogP contribution is -2.50. The zero-order valence-corrected chi connectivity index (χ0v) is 14.6. The monoisotopic (exact) mass is 338 g/mol. The van der Waals surface area contributed by atoms with Crippen LogP contribution < -0.4 is 4.90 Å². The third-order valence-electron chi connectivity index (χ3n) is 4.37. The van der Waals surface area contributed by atoms with E-state index >= 15 is 0 Å². The second kappa shape index (κ2) is 7.34. The Morgan fingerprint density at radius 3 is 2.08 bits per heavy atom. The maximum absolute atomic E-state index is 12.7. The molecule has 0 N–H and O–H groups in total. The van der Waals surface area contributed by atoms with Gasteiger partial charge in [0.25, 0.3) is 11.8 Å². The summed E-state index contributed by atoms with van der Waals surface area (Å²) in [6.45, 7) is 2.15. The molecule has 6 heteroatoms. The minimum Gasteiger partial charge on any atom is -0.378 e. The second-order valence-electron chi connectivity index (χ2n) is 6.27. The Balaban J connectivity index is 1.63. The zero-order valence-electron chi connectivity index (χ0n) is 14.6. The molecule has 0 bridgehead atoms. The van der Waals surface area contributed by atoms with Crippen molar-refractivity contribution < 1.29 is 9.59 Å². The molecule has 0 aliphatic carbocycles. The summed E-state index contributed by atoms with van der Waals surface area (Å²) in [5, 5.41) is 0. The van der Waals surface area contributed by atoms with Gasteiger partial charge in [-0.2, -0.15) is 0 Å². The Morgan fingerprint density at radius 1 is 0.920 bits per heavy atom. The van der Waals surface area contributed by atoms with E-state index in [4.69, 9.17) is 0 Å². The van der Waals surface area contributed by atoms with Gasteiger partial charge in [-0.25, -0.2) is 0 Å². The smallest absolute Gasteiger partial charge is 0.255 e. The molecule has 2 amide bonds. The Kier molecular flexibility index (Phi) is 4.97. The van der Waals surface area contributed by atoms with E-state index in [2.05, 4.69) is 4.98 Å². The topological polar surface area (TPSA) is 56.8 Å². The predicted octanol–water partition coefficient (Wildman–Crippen LogP) is 1.75. The van der Waals surface area contributed by atoms with Crippen LogP contribution in [0, 0.1) is 0 Å². The molecule has 0 saturated carbocycles. The van der Waals surface area contributed by atoms with Crippen molar-refractivity contribution in [2.75, 3.05) is 45.2 Å². The highest BCUT2D eigenvalue weighted by Gasteiger charge is 2.25. The van der Waals surface area contributed by atoms with E-state index in [9.17, 15) is 9.59 Å². The maximum Gasteiger partial charge on any atom is 0.255 e. The maximum atomic E-state index is 12.7. The molecule has 25 heavy (non-hydrogen) atoms. The van der Waals surface area contributed by atoms with Crippen LogP contribution in [0.3, 0.4) is 0 Å². The fourth-order valence-electron chi connectivity index (χ4n) is 2.88. The predicted molar refractivity (Wildman–Crippen MR) is 96.8 cm³/mol. The van der Waals surface area contributed by atoms with E-state index in [1.54, 1.807) is 29.4 Å². The summed E-state index contributed by atoms with van der Waals surface area (Å²) in [6, 6.07) is 11.1. The second-order valence-corrected chi connectivity index (χ2v) is 6.27. The average Bonchev–Trinajstić information content (AvgIpc) is 2.67. The van der Waals surface area contributed by atoms with Gasteiger partial charge in [0.1, 0.15) is 0 Å². The number of benzene rings is 1. The van der Waals surface area contributed by atoms with Crippen molar-refractivity contribution in [2.45, 2.75) is 0 Å². The molecule has 2 heterocycles. The third-order valence-corrected chi connectivity index (χ3v) is 4.37.